The van der Waals surface area contributed by atoms with Crippen LogP contribution in [0.3, 0.4) is 0 Å². The molecule has 7 heteroatoms. The van der Waals surface area contributed by atoms with Crippen LogP contribution < -0.4 is 0 Å². The van der Waals surface area contributed by atoms with Gasteiger partial charge in [-0.3, -0.25) is 0 Å². The molecule has 0 N–H and O–H groups in total. The van der Waals surface area contributed by atoms with Gasteiger partial charge in [0.2, 0.25) is 5.89 Å². The summed E-state index contributed by atoms with van der Waals surface area (Å²) in [5, 5.41) is 0. The van der Waals surface area contributed by atoms with E-state index in [-0.39, 0.29) is 28.1 Å². The second-order valence-electron chi connectivity index (χ2n) is 4.86. The average Bonchev–Trinajstić information content (AvgIpc) is 2.96. The molecule has 0 saturated heterocycles. The Bertz CT molecular complexity index is 917. The van der Waals surface area contributed by atoms with E-state index in [1.165, 1.54) is 42.7 Å². The van der Waals surface area contributed by atoms with E-state index < -0.39 is 15.7 Å². The SMILES string of the molecule is O=S(=O)(Cc1coc(-c2ccc(F)cc2)n1)c1ccc(F)cc1. The third-order valence-corrected chi connectivity index (χ3v) is 4.82. The first kappa shape index (κ1) is 15.4. The molecule has 0 atom stereocenters. The van der Waals surface area contributed by atoms with Crippen LogP contribution >= 0.6 is 0 Å². The van der Waals surface area contributed by atoms with E-state index in [1.807, 2.05) is 0 Å². The Morgan fingerprint density at radius 2 is 1.48 bits per heavy atom. The number of halogens is 2. The smallest absolute Gasteiger partial charge is 0.226 e. The van der Waals surface area contributed by atoms with Gasteiger partial charge >= 0.3 is 0 Å². The second-order valence-corrected chi connectivity index (χ2v) is 6.85. The highest BCUT2D eigenvalue weighted by Crippen LogP contribution is 2.22. The normalized spacial score (nSPS) is 11.6. The van der Waals surface area contributed by atoms with Crippen LogP contribution in [-0.4, -0.2) is 13.4 Å². The van der Waals surface area contributed by atoms with Crippen LogP contribution in [0.25, 0.3) is 11.5 Å². The largest absolute Gasteiger partial charge is 0.444 e. The van der Waals surface area contributed by atoms with Crippen LogP contribution in [0.5, 0.6) is 0 Å². The number of sulfone groups is 1. The third-order valence-electron chi connectivity index (χ3n) is 3.15. The average molecular weight is 335 g/mol. The molecule has 3 rings (SSSR count). The molecule has 0 aliphatic rings. The summed E-state index contributed by atoms with van der Waals surface area (Å²) in [4.78, 5) is 4.10. The molecule has 0 radical (unpaired) electrons. The van der Waals surface area contributed by atoms with E-state index >= 15 is 0 Å². The van der Waals surface area contributed by atoms with Crippen molar-refractivity contribution >= 4 is 9.84 Å². The van der Waals surface area contributed by atoms with E-state index in [1.54, 1.807) is 0 Å². The number of oxazole rings is 1. The van der Waals surface area contributed by atoms with Crippen LogP contribution in [-0.2, 0) is 15.6 Å². The summed E-state index contributed by atoms with van der Waals surface area (Å²) in [6.45, 7) is 0. The molecular weight excluding hydrogens is 324 g/mol. The maximum atomic E-state index is 12.9. The molecule has 3 aromatic rings. The Morgan fingerprint density at radius 1 is 0.913 bits per heavy atom. The summed E-state index contributed by atoms with van der Waals surface area (Å²) in [5.74, 6) is -1.07. The topological polar surface area (TPSA) is 60.2 Å². The molecule has 0 fully saturated rings. The van der Waals surface area contributed by atoms with Crippen molar-refractivity contribution in [3.63, 3.8) is 0 Å². The van der Waals surface area contributed by atoms with Crippen molar-refractivity contribution in [3.8, 4) is 11.5 Å². The molecule has 1 aromatic heterocycles. The first-order valence-electron chi connectivity index (χ1n) is 6.63. The highest BCUT2D eigenvalue weighted by Gasteiger charge is 2.18. The van der Waals surface area contributed by atoms with E-state index in [9.17, 15) is 17.2 Å². The van der Waals surface area contributed by atoms with Gasteiger partial charge in [-0.05, 0) is 48.5 Å². The molecule has 1 heterocycles. The molecule has 0 aliphatic carbocycles. The highest BCUT2D eigenvalue weighted by molar-refractivity contribution is 7.90. The molecule has 0 saturated carbocycles. The molecule has 0 amide bonds. The standard InChI is InChI=1S/C16H11F2NO3S/c17-12-3-1-11(2-4-12)16-19-14(9-22-16)10-23(20,21)15-7-5-13(18)6-8-15/h1-9H,10H2. The van der Waals surface area contributed by atoms with Crippen LogP contribution in [0.2, 0.25) is 0 Å². The lowest BCUT2D eigenvalue weighted by Crippen LogP contribution is -2.05. The monoisotopic (exact) mass is 335 g/mol. The van der Waals surface area contributed by atoms with Gasteiger partial charge in [0, 0.05) is 5.56 Å². The minimum atomic E-state index is -3.65. The Balaban J connectivity index is 1.83. The number of hydrogen-bond donors (Lipinski definition) is 0. The van der Waals surface area contributed by atoms with Gasteiger partial charge in [-0.25, -0.2) is 22.2 Å². The summed E-state index contributed by atoms with van der Waals surface area (Å²) in [6, 6.07) is 10.1. The van der Waals surface area contributed by atoms with Gasteiger partial charge in [-0.1, -0.05) is 0 Å². The molecular formula is C16H11F2NO3S. The number of aromatic nitrogens is 1. The lowest BCUT2D eigenvalue weighted by atomic mass is 10.2. The lowest BCUT2D eigenvalue weighted by Gasteiger charge is -2.01. The zero-order valence-corrected chi connectivity index (χ0v) is 12.6. The Labute approximate surface area is 131 Å². The van der Waals surface area contributed by atoms with Crippen molar-refractivity contribution in [2.24, 2.45) is 0 Å². The minimum Gasteiger partial charge on any atom is -0.444 e. The van der Waals surface area contributed by atoms with Crippen LogP contribution in [0.1, 0.15) is 5.69 Å². The Hall–Kier alpha value is -2.54. The van der Waals surface area contributed by atoms with E-state index in [2.05, 4.69) is 4.98 Å². The number of benzene rings is 2. The number of nitrogens with zero attached hydrogens (tertiary/aromatic N) is 1. The molecule has 2 aromatic carbocycles. The van der Waals surface area contributed by atoms with Gasteiger partial charge in [0.15, 0.2) is 9.84 Å². The van der Waals surface area contributed by atoms with Crippen molar-refractivity contribution in [2.75, 3.05) is 0 Å². The van der Waals surface area contributed by atoms with Gasteiger partial charge in [0.1, 0.15) is 23.7 Å². The van der Waals surface area contributed by atoms with Gasteiger partial charge in [-0.2, -0.15) is 0 Å². The quantitative estimate of drug-likeness (QED) is 0.684. The molecule has 118 valence electrons. The van der Waals surface area contributed by atoms with E-state index in [4.69, 9.17) is 4.42 Å². The minimum absolute atomic E-state index is 0.00484. The number of hydrogen-bond acceptors (Lipinski definition) is 4. The molecule has 4 nitrogen and oxygen atoms in total. The predicted octanol–water partition coefficient (Wildman–Crippen LogP) is 3.59. The van der Waals surface area contributed by atoms with Crippen molar-refractivity contribution in [1.29, 1.82) is 0 Å². The lowest BCUT2D eigenvalue weighted by molar-refractivity contribution is 0.571. The van der Waals surface area contributed by atoms with E-state index in [0.717, 1.165) is 12.1 Å². The van der Waals surface area contributed by atoms with Crippen molar-refractivity contribution < 1.29 is 21.6 Å². The summed E-state index contributed by atoms with van der Waals surface area (Å²) in [7, 11) is -3.65. The maximum absolute atomic E-state index is 12.9. The van der Waals surface area contributed by atoms with Crippen LogP contribution in [0.15, 0.2) is 64.1 Å². The van der Waals surface area contributed by atoms with Gasteiger partial charge in [0.05, 0.1) is 10.6 Å². The summed E-state index contributed by atoms with van der Waals surface area (Å²) in [5.41, 5.74) is 0.755. The first-order valence-corrected chi connectivity index (χ1v) is 8.28. The third kappa shape index (κ3) is 3.45. The fourth-order valence-corrected chi connectivity index (χ4v) is 3.26. The van der Waals surface area contributed by atoms with Crippen LogP contribution in [0, 0.1) is 11.6 Å². The summed E-state index contributed by atoms with van der Waals surface area (Å²) in [6.07, 6.45) is 1.24. The molecule has 0 unspecified atom stereocenters. The first-order chi connectivity index (χ1) is 10.9. The molecule has 0 spiro atoms. The van der Waals surface area contributed by atoms with Gasteiger partial charge < -0.3 is 4.42 Å². The number of rotatable bonds is 4. The predicted molar refractivity (Wildman–Crippen MR) is 79.2 cm³/mol. The summed E-state index contributed by atoms with van der Waals surface area (Å²) < 4.78 is 55.5. The molecule has 0 bridgehead atoms. The van der Waals surface area contributed by atoms with Crippen LogP contribution in [0.4, 0.5) is 8.78 Å². The Kier molecular flexibility index (Phi) is 3.96. The van der Waals surface area contributed by atoms with Gasteiger partial charge in [-0.15, -0.1) is 0 Å². The highest BCUT2D eigenvalue weighted by atomic mass is 32.2. The van der Waals surface area contributed by atoms with Crippen molar-refractivity contribution in [1.82, 2.24) is 4.98 Å². The fourth-order valence-electron chi connectivity index (χ4n) is 2.02. The van der Waals surface area contributed by atoms with E-state index in [0.29, 0.717) is 5.56 Å². The second kappa shape index (κ2) is 5.92. The maximum Gasteiger partial charge on any atom is 0.226 e. The van der Waals surface area contributed by atoms with Crippen molar-refractivity contribution in [3.05, 3.63) is 72.1 Å². The molecule has 0 aliphatic heterocycles. The van der Waals surface area contributed by atoms with Crippen molar-refractivity contribution in [2.45, 2.75) is 10.6 Å². The zero-order valence-electron chi connectivity index (χ0n) is 11.7. The zero-order chi connectivity index (χ0) is 16.4. The Morgan fingerprint density at radius 3 is 2.09 bits per heavy atom. The molecule has 23 heavy (non-hydrogen) atoms. The van der Waals surface area contributed by atoms with Gasteiger partial charge in [0.25, 0.3) is 0 Å². The summed E-state index contributed by atoms with van der Waals surface area (Å²) >= 11 is 0. The fraction of sp³-hybridized carbons (Fsp3) is 0.0625.